The Morgan fingerprint density at radius 3 is 2.54 bits per heavy atom. The zero-order valence-corrected chi connectivity index (χ0v) is 14.4. The highest BCUT2D eigenvalue weighted by Crippen LogP contribution is 2.34. The second-order valence-electron chi connectivity index (χ2n) is 6.02. The van der Waals surface area contributed by atoms with Gasteiger partial charge in [-0.25, -0.2) is 13.4 Å². The lowest BCUT2D eigenvalue weighted by molar-refractivity contribution is 0.584. The van der Waals surface area contributed by atoms with Crippen LogP contribution in [0.1, 0.15) is 19.9 Å². The molecule has 24 heavy (non-hydrogen) atoms. The van der Waals surface area contributed by atoms with Crippen LogP contribution in [0.25, 0.3) is 22.0 Å². The summed E-state index contributed by atoms with van der Waals surface area (Å²) in [6.45, 7) is 4.09. The molecule has 7 heteroatoms. The molecule has 0 atom stereocenters. The number of aromatic nitrogens is 2. The van der Waals surface area contributed by atoms with E-state index in [1.54, 1.807) is 18.2 Å². The Kier molecular flexibility index (Phi) is 4.04. The molecule has 0 saturated carbocycles. The summed E-state index contributed by atoms with van der Waals surface area (Å²) in [5.41, 5.74) is 3.15. The van der Waals surface area contributed by atoms with Gasteiger partial charge in [0.25, 0.3) is 0 Å². The number of rotatable bonds is 4. The number of hydrogen-bond acceptors (Lipinski definition) is 3. The summed E-state index contributed by atoms with van der Waals surface area (Å²) < 4.78 is 40.5. The Labute approximate surface area is 140 Å². The van der Waals surface area contributed by atoms with Gasteiger partial charge in [0.1, 0.15) is 0 Å². The standard InChI is InChI=1S/C17H18FN3O2S/c1-11(2)21-10-15(12-4-7-17(18)19-9-12)14-6-5-13(8-16(14)21)20-24(3,22)23/h4-11,20H,1-3H3. The molecular formula is C17H18FN3O2S. The molecule has 0 aliphatic carbocycles. The van der Waals surface area contributed by atoms with Crippen molar-refractivity contribution in [2.45, 2.75) is 19.9 Å². The molecule has 3 rings (SSSR count). The lowest BCUT2D eigenvalue weighted by Gasteiger charge is -2.10. The molecule has 0 aliphatic rings. The summed E-state index contributed by atoms with van der Waals surface area (Å²) in [5, 5.41) is 0.955. The number of sulfonamides is 1. The van der Waals surface area contributed by atoms with Crippen LogP contribution in [0.3, 0.4) is 0 Å². The molecule has 3 aromatic rings. The number of pyridine rings is 1. The van der Waals surface area contributed by atoms with Crippen molar-refractivity contribution in [1.29, 1.82) is 0 Å². The molecule has 1 N–H and O–H groups in total. The second-order valence-corrected chi connectivity index (χ2v) is 7.77. The first-order valence-electron chi connectivity index (χ1n) is 7.49. The van der Waals surface area contributed by atoms with Gasteiger partial charge >= 0.3 is 0 Å². The van der Waals surface area contributed by atoms with Gasteiger partial charge in [0, 0.05) is 34.9 Å². The number of nitrogens with zero attached hydrogens (tertiary/aromatic N) is 2. The maximum atomic E-state index is 13.1. The highest BCUT2D eigenvalue weighted by molar-refractivity contribution is 7.92. The van der Waals surface area contributed by atoms with Gasteiger partial charge in [0.15, 0.2) is 0 Å². The molecule has 1 aromatic carbocycles. The third kappa shape index (κ3) is 3.26. The summed E-state index contributed by atoms with van der Waals surface area (Å²) in [6, 6.07) is 8.58. The molecule has 0 amide bonds. The molecule has 0 unspecified atom stereocenters. The van der Waals surface area contributed by atoms with E-state index in [2.05, 4.69) is 14.3 Å². The van der Waals surface area contributed by atoms with Gasteiger partial charge in [-0.2, -0.15) is 4.39 Å². The summed E-state index contributed by atoms with van der Waals surface area (Å²) in [6.07, 6.45) is 4.60. The molecule has 5 nitrogen and oxygen atoms in total. The fourth-order valence-corrected chi connectivity index (χ4v) is 3.28. The zero-order valence-electron chi connectivity index (χ0n) is 13.6. The van der Waals surface area contributed by atoms with Crippen molar-refractivity contribution in [2.24, 2.45) is 0 Å². The summed E-state index contributed by atoms with van der Waals surface area (Å²) in [4.78, 5) is 3.71. The van der Waals surface area contributed by atoms with Crippen molar-refractivity contribution >= 4 is 26.6 Å². The highest BCUT2D eigenvalue weighted by atomic mass is 32.2. The van der Waals surface area contributed by atoms with Crippen LogP contribution in [0.4, 0.5) is 10.1 Å². The lowest BCUT2D eigenvalue weighted by Crippen LogP contribution is -2.09. The molecular weight excluding hydrogens is 329 g/mol. The second kappa shape index (κ2) is 5.90. The van der Waals surface area contributed by atoms with Crippen LogP contribution < -0.4 is 4.72 Å². The van der Waals surface area contributed by atoms with E-state index in [1.165, 1.54) is 12.3 Å². The maximum Gasteiger partial charge on any atom is 0.229 e. The number of nitrogens with one attached hydrogen (secondary N) is 1. The highest BCUT2D eigenvalue weighted by Gasteiger charge is 2.14. The molecule has 0 fully saturated rings. The van der Waals surface area contributed by atoms with E-state index >= 15 is 0 Å². The number of anilines is 1. The van der Waals surface area contributed by atoms with Crippen molar-refractivity contribution in [2.75, 3.05) is 11.0 Å². The Morgan fingerprint density at radius 2 is 1.96 bits per heavy atom. The van der Waals surface area contributed by atoms with E-state index in [9.17, 15) is 12.8 Å². The van der Waals surface area contributed by atoms with Gasteiger partial charge < -0.3 is 4.57 Å². The number of benzene rings is 1. The molecule has 0 spiro atoms. The van der Waals surface area contributed by atoms with Crippen LogP contribution in [0.15, 0.2) is 42.7 Å². The molecule has 2 aromatic heterocycles. The fourth-order valence-electron chi connectivity index (χ4n) is 2.72. The van der Waals surface area contributed by atoms with E-state index in [4.69, 9.17) is 0 Å². The van der Waals surface area contributed by atoms with Gasteiger partial charge in [0.05, 0.1) is 17.5 Å². The topological polar surface area (TPSA) is 64.0 Å². The average molecular weight is 347 g/mol. The van der Waals surface area contributed by atoms with Gasteiger partial charge in [-0.05, 0) is 38.1 Å². The molecule has 0 radical (unpaired) electrons. The SMILES string of the molecule is CC(C)n1cc(-c2ccc(F)nc2)c2ccc(NS(C)(=O)=O)cc21. The lowest BCUT2D eigenvalue weighted by atomic mass is 10.1. The van der Waals surface area contributed by atoms with Crippen LogP contribution in [0, 0.1) is 5.95 Å². The first kappa shape index (κ1) is 16.4. The maximum absolute atomic E-state index is 13.1. The van der Waals surface area contributed by atoms with Gasteiger partial charge in [-0.1, -0.05) is 6.07 Å². The van der Waals surface area contributed by atoms with E-state index in [-0.39, 0.29) is 6.04 Å². The number of hydrogen-bond donors (Lipinski definition) is 1. The predicted octanol–water partition coefficient (Wildman–Crippen LogP) is 3.79. The third-order valence-corrected chi connectivity index (χ3v) is 4.34. The van der Waals surface area contributed by atoms with Crippen LogP contribution in [0.5, 0.6) is 0 Å². The molecule has 0 saturated heterocycles. The van der Waals surface area contributed by atoms with Crippen LogP contribution >= 0.6 is 0 Å². The smallest absolute Gasteiger partial charge is 0.229 e. The first-order valence-corrected chi connectivity index (χ1v) is 9.38. The minimum absolute atomic E-state index is 0.183. The minimum atomic E-state index is -3.34. The first-order chi connectivity index (χ1) is 11.2. The van der Waals surface area contributed by atoms with Crippen molar-refractivity contribution < 1.29 is 12.8 Å². The average Bonchev–Trinajstić information content (AvgIpc) is 2.85. The normalized spacial score (nSPS) is 12.0. The predicted molar refractivity (Wildman–Crippen MR) is 94.0 cm³/mol. The van der Waals surface area contributed by atoms with Crippen molar-refractivity contribution in [1.82, 2.24) is 9.55 Å². The Morgan fingerprint density at radius 1 is 1.21 bits per heavy atom. The molecule has 2 heterocycles. The van der Waals surface area contributed by atoms with Gasteiger partial charge in [0.2, 0.25) is 16.0 Å². The molecule has 0 bridgehead atoms. The van der Waals surface area contributed by atoms with E-state index in [0.29, 0.717) is 5.69 Å². The Balaban J connectivity index is 2.20. The molecule has 0 aliphatic heterocycles. The zero-order chi connectivity index (χ0) is 17.5. The van der Waals surface area contributed by atoms with Crippen molar-refractivity contribution in [3.05, 3.63) is 48.7 Å². The van der Waals surface area contributed by atoms with Crippen LogP contribution in [0.2, 0.25) is 0 Å². The van der Waals surface area contributed by atoms with E-state index < -0.39 is 16.0 Å². The van der Waals surface area contributed by atoms with Crippen molar-refractivity contribution in [3.8, 4) is 11.1 Å². The summed E-state index contributed by atoms with van der Waals surface area (Å²) in [7, 11) is -3.34. The fraction of sp³-hybridized carbons (Fsp3) is 0.235. The minimum Gasteiger partial charge on any atom is -0.344 e. The number of halogens is 1. The quantitative estimate of drug-likeness (QED) is 0.730. The summed E-state index contributed by atoms with van der Waals surface area (Å²) >= 11 is 0. The van der Waals surface area contributed by atoms with Crippen molar-refractivity contribution in [3.63, 3.8) is 0 Å². The van der Waals surface area contributed by atoms with Gasteiger partial charge in [-0.15, -0.1) is 0 Å². The van der Waals surface area contributed by atoms with Gasteiger partial charge in [-0.3, -0.25) is 4.72 Å². The molecule has 126 valence electrons. The van der Waals surface area contributed by atoms with Crippen LogP contribution in [-0.4, -0.2) is 24.2 Å². The third-order valence-electron chi connectivity index (χ3n) is 3.73. The Hall–Kier alpha value is -2.41. The van der Waals surface area contributed by atoms with Crippen LogP contribution in [-0.2, 0) is 10.0 Å². The number of fused-ring (bicyclic) bond motifs is 1. The van der Waals surface area contributed by atoms with E-state index in [1.807, 2.05) is 26.1 Å². The Bertz CT molecular complexity index is 993. The monoisotopic (exact) mass is 347 g/mol. The van der Waals surface area contributed by atoms with E-state index in [0.717, 1.165) is 28.3 Å². The summed E-state index contributed by atoms with van der Waals surface area (Å²) in [5.74, 6) is -0.522. The largest absolute Gasteiger partial charge is 0.344 e.